The van der Waals surface area contributed by atoms with Gasteiger partial charge in [-0.15, -0.1) is 0 Å². The van der Waals surface area contributed by atoms with Gasteiger partial charge in [0.1, 0.15) is 23.0 Å². The highest BCUT2D eigenvalue weighted by molar-refractivity contribution is 7.63. The average molecular weight is 657 g/mol. The van der Waals surface area contributed by atoms with Gasteiger partial charge in [0.15, 0.2) is 0 Å². The lowest BCUT2D eigenvalue weighted by Gasteiger charge is -2.29. The number of hydrogen-bond acceptors (Lipinski definition) is 6. The van der Waals surface area contributed by atoms with Crippen LogP contribution in [-0.2, 0) is 14.5 Å². The Balaban J connectivity index is 1.02. The van der Waals surface area contributed by atoms with Crippen LogP contribution in [0.5, 0.6) is 23.0 Å². The van der Waals surface area contributed by atoms with Crippen LogP contribution in [0, 0.1) is 0 Å². The van der Waals surface area contributed by atoms with Crippen LogP contribution in [0.3, 0.4) is 0 Å². The van der Waals surface area contributed by atoms with E-state index >= 15 is 0 Å². The number of hydrogen-bond donors (Lipinski definition) is 0. The van der Waals surface area contributed by atoms with Gasteiger partial charge >= 0.3 is 15.2 Å². The van der Waals surface area contributed by atoms with Crippen molar-refractivity contribution in [3.63, 3.8) is 0 Å². The van der Waals surface area contributed by atoms with Crippen LogP contribution in [-0.4, -0.2) is 0 Å². The van der Waals surface area contributed by atoms with E-state index in [0.29, 0.717) is 33.6 Å². The third kappa shape index (κ3) is 5.06. The van der Waals surface area contributed by atoms with E-state index in [1.54, 1.807) is 12.1 Å². The number of benzene rings is 6. The first-order chi connectivity index (χ1) is 22.7. The maximum atomic E-state index is 14.1. The summed E-state index contributed by atoms with van der Waals surface area (Å²) in [5, 5.41) is 1.08. The van der Waals surface area contributed by atoms with E-state index in [-0.39, 0.29) is 0 Å². The van der Waals surface area contributed by atoms with Gasteiger partial charge in [-0.25, -0.2) is 9.13 Å². The molecule has 0 spiro atoms. The van der Waals surface area contributed by atoms with E-state index < -0.39 is 20.6 Å². The molecular formula is C39H30O6P2. The van der Waals surface area contributed by atoms with E-state index in [2.05, 4.69) is 13.8 Å². The largest absolute Gasteiger partial charge is 0.463 e. The summed E-state index contributed by atoms with van der Waals surface area (Å²) in [6, 6.07) is 45.3. The highest BCUT2D eigenvalue weighted by Gasteiger charge is 2.40. The van der Waals surface area contributed by atoms with Crippen molar-refractivity contribution in [1.29, 1.82) is 0 Å². The number of fused-ring (bicyclic) bond motifs is 6. The van der Waals surface area contributed by atoms with E-state index in [4.69, 9.17) is 18.1 Å². The topological polar surface area (TPSA) is 71.1 Å². The second-order valence-corrected chi connectivity index (χ2v) is 15.7. The Kier molecular flexibility index (Phi) is 6.91. The molecule has 2 aliphatic rings. The molecule has 2 atom stereocenters. The molecular weight excluding hydrogens is 626 g/mol. The monoisotopic (exact) mass is 656 g/mol. The fourth-order valence-corrected chi connectivity index (χ4v) is 9.84. The summed E-state index contributed by atoms with van der Waals surface area (Å²) in [4.78, 5) is 0. The van der Waals surface area contributed by atoms with E-state index in [1.165, 1.54) is 0 Å². The van der Waals surface area contributed by atoms with Crippen molar-refractivity contribution in [3.05, 3.63) is 157 Å². The van der Waals surface area contributed by atoms with Crippen molar-refractivity contribution in [2.75, 3.05) is 0 Å². The molecule has 6 nitrogen and oxygen atoms in total. The summed E-state index contributed by atoms with van der Waals surface area (Å²) < 4.78 is 52.5. The molecule has 8 heteroatoms. The van der Waals surface area contributed by atoms with Crippen molar-refractivity contribution in [2.24, 2.45) is 0 Å². The molecule has 2 heterocycles. The summed E-state index contributed by atoms with van der Waals surface area (Å²) in [5.41, 5.74) is 5.13. The molecule has 2 aliphatic heterocycles. The fourth-order valence-electron chi connectivity index (χ4n) is 6.22. The van der Waals surface area contributed by atoms with E-state index in [9.17, 15) is 9.13 Å². The van der Waals surface area contributed by atoms with Crippen LogP contribution in [0.25, 0.3) is 22.3 Å². The van der Waals surface area contributed by atoms with Crippen LogP contribution in [0.15, 0.2) is 146 Å². The molecule has 47 heavy (non-hydrogen) atoms. The summed E-state index contributed by atoms with van der Waals surface area (Å²) in [5.74, 6) is 1.97. The van der Waals surface area contributed by atoms with Crippen LogP contribution < -0.4 is 28.7 Å². The van der Waals surface area contributed by atoms with Crippen LogP contribution >= 0.6 is 15.2 Å². The summed E-state index contributed by atoms with van der Waals surface area (Å²) in [6.45, 7) is 4.25. The Labute approximate surface area is 273 Å². The highest BCUT2D eigenvalue weighted by atomic mass is 31.2. The standard InChI is InChI=1S/C39H30O6P2/c1-39(2,27-19-23-29(24-20-27)42-46(40)37-17-9-5-13-33(37)31-11-3-7-15-35(31)44-46)28-21-25-30(26-22-28)43-47(41)38-18-10-6-14-34(38)32-12-4-8-16-36(32)45-47/h3-26H,1-2H3. The maximum Gasteiger partial charge on any atom is 0.463 e. The minimum Gasteiger partial charge on any atom is -0.413 e. The first-order valence-corrected chi connectivity index (χ1v) is 18.4. The van der Waals surface area contributed by atoms with Crippen molar-refractivity contribution < 1.29 is 27.2 Å². The third-order valence-corrected chi connectivity index (χ3v) is 12.5. The van der Waals surface area contributed by atoms with Gasteiger partial charge in [-0.2, -0.15) is 0 Å². The molecule has 232 valence electrons. The van der Waals surface area contributed by atoms with Gasteiger partial charge in [-0.1, -0.05) is 111 Å². The first-order valence-electron chi connectivity index (χ1n) is 15.3. The Morgan fingerprint density at radius 3 is 1.19 bits per heavy atom. The van der Waals surface area contributed by atoms with Gasteiger partial charge in [-0.3, -0.25) is 0 Å². The van der Waals surface area contributed by atoms with E-state index in [1.807, 2.05) is 133 Å². The third-order valence-electron chi connectivity index (χ3n) is 8.79. The Morgan fingerprint density at radius 1 is 0.447 bits per heavy atom. The van der Waals surface area contributed by atoms with Gasteiger partial charge in [0.25, 0.3) is 0 Å². The lowest BCUT2D eigenvalue weighted by molar-refractivity contribution is 0.396. The zero-order valence-electron chi connectivity index (χ0n) is 25.7. The van der Waals surface area contributed by atoms with E-state index in [0.717, 1.165) is 33.4 Å². The predicted molar refractivity (Wildman–Crippen MR) is 186 cm³/mol. The predicted octanol–water partition coefficient (Wildman–Crippen LogP) is 9.93. The van der Waals surface area contributed by atoms with Gasteiger partial charge in [0, 0.05) is 27.7 Å². The van der Waals surface area contributed by atoms with Gasteiger partial charge in [-0.05, 0) is 59.7 Å². The van der Waals surface area contributed by atoms with Gasteiger partial charge in [0.05, 0.1) is 10.6 Å². The fraction of sp³-hybridized carbons (Fsp3) is 0.0769. The Hall–Kier alpha value is -5.02. The molecule has 0 saturated carbocycles. The molecule has 0 N–H and O–H groups in total. The molecule has 6 aromatic rings. The van der Waals surface area contributed by atoms with Crippen LogP contribution in [0.4, 0.5) is 0 Å². The maximum absolute atomic E-state index is 14.1. The van der Waals surface area contributed by atoms with Gasteiger partial charge in [0.2, 0.25) is 0 Å². The molecule has 0 radical (unpaired) electrons. The molecule has 8 rings (SSSR count). The van der Waals surface area contributed by atoms with Crippen molar-refractivity contribution in [1.82, 2.24) is 0 Å². The van der Waals surface area contributed by atoms with Crippen molar-refractivity contribution >= 4 is 25.8 Å². The first kappa shape index (κ1) is 29.4. The SMILES string of the molecule is CC(C)(c1ccc(OP2(=O)Oc3ccccc3-c3ccccc32)cc1)c1ccc(OP2(=O)Oc3ccccc3-c3ccccc32)cc1. The summed E-state index contributed by atoms with van der Waals surface area (Å²) >= 11 is 0. The van der Waals surface area contributed by atoms with Crippen molar-refractivity contribution in [3.8, 4) is 45.3 Å². The number of para-hydroxylation sites is 2. The quantitative estimate of drug-likeness (QED) is 0.166. The van der Waals surface area contributed by atoms with Crippen LogP contribution in [0.1, 0.15) is 25.0 Å². The normalized spacial score (nSPS) is 19.1. The molecule has 0 bridgehead atoms. The number of rotatable bonds is 6. The molecule has 2 unspecified atom stereocenters. The molecule has 6 aromatic carbocycles. The zero-order valence-corrected chi connectivity index (χ0v) is 27.5. The second-order valence-electron chi connectivity index (χ2n) is 12.1. The zero-order chi connectivity index (χ0) is 32.2. The molecule has 0 saturated heterocycles. The average Bonchev–Trinajstić information content (AvgIpc) is 3.09. The van der Waals surface area contributed by atoms with Gasteiger partial charge < -0.3 is 18.1 Å². The molecule has 0 fully saturated rings. The summed E-state index contributed by atoms with van der Waals surface area (Å²) in [6.07, 6.45) is 0. The second kappa shape index (κ2) is 11.1. The van der Waals surface area contributed by atoms with Crippen molar-refractivity contribution in [2.45, 2.75) is 19.3 Å². The molecule has 0 aliphatic carbocycles. The summed E-state index contributed by atoms with van der Waals surface area (Å²) in [7, 11) is -7.37. The highest BCUT2D eigenvalue weighted by Crippen LogP contribution is 2.56. The minimum absolute atomic E-state index is 0.397. The molecule has 0 amide bonds. The minimum atomic E-state index is -3.68. The Morgan fingerprint density at radius 2 is 0.787 bits per heavy atom. The smallest absolute Gasteiger partial charge is 0.413 e. The lowest BCUT2D eigenvalue weighted by Crippen LogP contribution is -2.21. The van der Waals surface area contributed by atoms with Crippen LogP contribution in [0.2, 0.25) is 0 Å². The molecule has 0 aromatic heterocycles. The Bertz CT molecular complexity index is 2080. The lowest BCUT2D eigenvalue weighted by atomic mass is 9.78.